The van der Waals surface area contributed by atoms with Crippen molar-refractivity contribution in [3.8, 4) is 5.75 Å². The van der Waals surface area contributed by atoms with Gasteiger partial charge in [-0.2, -0.15) is 0 Å². The Labute approximate surface area is 140 Å². The van der Waals surface area contributed by atoms with Crippen molar-refractivity contribution in [1.82, 2.24) is 0 Å². The maximum atomic E-state index is 12.6. The molecule has 0 radical (unpaired) electrons. The number of rotatable bonds is 5. The number of carbonyl (C=O) groups is 2. The van der Waals surface area contributed by atoms with E-state index in [1.54, 1.807) is 31.1 Å². The number of β-lactam (4-membered cyclic amide) rings is 1. The molecular weight excluding hydrogens is 306 g/mol. The van der Waals surface area contributed by atoms with E-state index in [1.807, 2.05) is 42.5 Å². The van der Waals surface area contributed by atoms with Crippen LogP contribution in [0.25, 0.3) is 0 Å². The Morgan fingerprint density at radius 1 is 1.08 bits per heavy atom. The van der Waals surface area contributed by atoms with Gasteiger partial charge in [0.1, 0.15) is 11.8 Å². The predicted octanol–water partition coefficient (Wildman–Crippen LogP) is 3.10. The van der Waals surface area contributed by atoms with Gasteiger partial charge < -0.3 is 9.47 Å². The fourth-order valence-electron chi connectivity index (χ4n) is 2.81. The predicted molar refractivity (Wildman–Crippen MR) is 89.8 cm³/mol. The van der Waals surface area contributed by atoms with Crippen LogP contribution in [0.2, 0.25) is 0 Å². The molecule has 5 heteroatoms. The fraction of sp³-hybridized carbons (Fsp3) is 0.263. The molecule has 0 aromatic heterocycles. The van der Waals surface area contributed by atoms with E-state index in [4.69, 9.17) is 9.47 Å². The molecule has 0 saturated carbocycles. The van der Waals surface area contributed by atoms with Crippen molar-refractivity contribution in [1.29, 1.82) is 0 Å². The Balaban J connectivity index is 1.92. The second-order valence-electron chi connectivity index (χ2n) is 5.53. The second-order valence-corrected chi connectivity index (χ2v) is 5.53. The first-order valence-electron chi connectivity index (χ1n) is 7.87. The van der Waals surface area contributed by atoms with Gasteiger partial charge in [-0.25, -0.2) is 0 Å². The number of hydrogen-bond acceptors (Lipinski definition) is 4. The monoisotopic (exact) mass is 325 g/mol. The Kier molecular flexibility index (Phi) is 4.51. The van der Waals surface area contributed by atoms with Gasteiger partial charge in [0.25, 0.3) is 5.91 Å². The van der Waals surface area contributed by atoms with Crippen LogP contribution in [0.4, 0.5) is 5.69 Å². The first kappa shape index (κ1) is 16.1. The van der Waals surface area contributed by atoms with E-state index in [-0.39, 0.29) is 24.3 Å². The molecule has 1 aliphatic heterocycles. The number of hydrogen-bond donors (Lipinski definition) is 0. The normalized spacial score (nSPS) is 19.6. The number of methoxy groups -OCH3 is 1. The number of anilines is 1. The van der Waals surface area contributed by atoms with Crippen molar-refractivity contribution >= 4 is 17.6 Å². The molecule has 0 bridgehead atoms. The number of nitrogens with zero attached hydrogens (tertiary/aromatic N) is 1. The zero-order valence-electron chi connectivity index (χ0n) is 13.6. The molecule has 1 fully saturated rings. The minimum atomic E-state index is -0.776. The molecule has 0 aliphatic carbocycles. The second kappa shape index (κ2) is 6.74. The summed E-state index contributed by atoms with van der Waals surface area (Å²) in [5.41, 5.74) is 1.68. The lowest BCUT2D eigenvalue weighted by Crippen LogP contribution is -2.60. The summed E-state index contributed by atoms with van der Waals surface area (Å²) in [7, 11) is 1.59. The van der Waals surface area contributed by atoms with Gasteiger partial charge in [-0.05, 0) is 29.8 Å². The molecule has 0 spiro atoms. The van der Waals surface area contributed by atoms with Crippen LogP contribution in [0.5, 0.6) is 5.75 Å². The number of benzene rings is 2. The zero-order chi connectivity index (χ0) is 17.1. The molecule has 1 amide bonds. The first-order chi connectivity index (χ1) is 11.7. The maximum absolute atomic E-state index is 12.6. The Morgan fingerprint density at radius 2 is 1.75 bits per heavy atom. The van der Waals surface area contributed by atoms with Crippen LogP contribution in [-0.4, -0.2) is 25.1 Å². The molecule has 0 unspecified atom stereocenters. The van der Waals surface area contributed by atoms with E-state index >= 15 is 0 Å². The number of carbonyl (C=O) groups excluding carboxylic acids is 2. The highest BCUT2D eigenvalue weighted by atomic mass is 16.6. The summed E-state index contributed by atoms with van der Waals surface area (Å²) in [6.45, 7) is 1.71. The summed E-state index contributed by atoms with van der Waals surface area (Å²) >= 11 is 0. The standard InChI is InChI=1S/C19H19NO4/c1-3-16(21)24-18-17(13-7-5-4-6-8-13)20(19(18)22)14-9-11-15(23-2)12-10-14/h4-12,17-18H,3H2,1-2H3/t17-,18+/m0/s1. The summed E-state index contributed by atoms with van der Waals surface area (Å²) in [5, 5.41) is 0. The van der Waals surface area contributed by atoms with Crippen LogP contribution in [0.1, 0.15) is 24.9 Å². The van der Waals surface area contributed by atoms with Gasteiger partial charge in [0.15, 0.2) is 0 Å². The molecule has 124 valence electrons. The largest absolute Gasteiger partial charge is 0.497 e. The van der Waals surface area contributed by atoms with E-state index in [0.717, 1.165) is 17.0 Å². The van der Waals surface area contributed by atoms with E-state index in [2.05, 4.69) is 0 Å². The first-order valence-corrected chi connectivity index (χ1v) is 7.87. The third kappa shape index (κ3) is 2.85. The molecule has 1 aliphatic rings. The van der Waals surface area contributed by atoms with Crippen molar-refractivity contribution in [2.45, 2.75) is 25.5 Å². The van der Waals surface area contributed by atoms with Crippen LogP contribution in [-0.2, 0) is 14.3 Å². The molecule has 1 heterocycles. The van der Waals surface area contributed by atoms with Crippen molar-refractivity contribution in [2.24, 2.45) is 0 Å². The molecule has 1 saturated heterocycles. The van der Waals surface area contributed by atoms with E-state index < -0.39 is 6.10 Å². The Morgan fingerprint density at radius 3 is 2.33 bits per heavy atom. The van der Waals surface area contributed by atoms with Gasteiger partial charge in [0.2, 0.25) is 6.10 Å². The lowest BCUT2D eigenvalue weighted by atomic mass is 9.89. The van der Waals surface area contributed by atoms with Gasteiger partial charge in [0.05, 0.1) is 7.11 Å². The topological polar surface area (TPSA) is 55.8 Å². The number of ether oxygens (including phenoxy) is 2. The molecular formula is C19H19NO4. The van der Waals surface area contributed by atoms with Crippen molar-refractivity contribution in [2.75, 3.05) is 12.0 Å². The van der Waals surface area contributed by atoms with Crippen LogP contribution >= 0.6 is 0 Å². The average Bonchev–Trinajstić information content (AvgIpc) is 2.64. The van der Waals surface area contributed by atoms with Crippen LogP contribution in [0, 0.1) is 0 Å². The average molecular weight is 325 g/mol. The minimum Gasteiger partial charge on any atom is -0.497 e. The lowest BCUT2D eigenvalue weighted by Gasteiger charge is -2.46. The van der Waals surface area contributed by atoms with Gasteiger partial charge in [-0.15, -0.1) is 0 Å². The third-order valence-electron chi connectivity index (χ3n) is 4.08. The summed E-state index contributed by atoms with van der Waals surface area (Å²) < 4.78 is 10.5. The Bertz CT molecular complexity index is 727. The van der Waals surface area contributed by atoms with E-state index in [9.17, 15) is 9.59 Å². The molecule has 3 rings (SSSR count). The summed E-state index contributed by atoms with van der Waals surface area (Å²) in [6.07, 6.45) is -0.532. The maximum Gasteiger partial charge on any atom is 0.306 e. The highest BCUT2D eigenvalue weighted by Gasteiger charge is 2.51. The summed E-state index contributed by atoms with van der Waals surface area (Å²) in [6, 6.07) is 16.5. The molecule has 2 aromatic rings. The number of esters is 1. The van der Waals surface area contributed by atoms with Gasteiger partial charge in [0, 0.05) is 12.1 Å². The zero-order valence-corrected chi connectivity index (χ0v) is 13.6. The SMILES string of the molecule is CCC(=O)O[C@H]1C(=O)N(c2ccc(OC)cc2)[C@H]1c1ccccc1. The van der Waals surface area contributed by atoms with Crippen LogP contribution < -0.4 is 9.64 Å². The van der Waals surface area contributed by atoms with Crippen LogP contribution in [0.15, 0.2) is 54.6 Å². The quantitative estimate of drug-likeness (QED) is 0.626. The molecule has 2 atom stereocenters. The van der Waals surface area contributed by atoms with Gasteiger partial charge in [-0.3, -0.25) is 14.5 Å². The van der Waals surface area contributed by atoms with Crippen molar-refractivity contribution in [3.05, 3.63) is 60.2 Å². The molecule has 2 aromatic carbocycles. The van der Waals surface area contributed by atoms with Crippen molar-refractivity contribution in [3.63, 3.8) is 0 Å². The number of amides is 1. The minimum absolute atomic E-state index is 0.212. The van der Waals surface area contributed by atoms with Gasteiger partial charge >= 0.3 is 5.97 Å². The van der Waals surface area contributed by atoms with Gasteiger partial charge in [-0.1, -0.05) is 37.3 Å². The van der Waals surface area contributed by atoms with Crippen molar-refractivity contribution < 1.29 is 19.1 Å². The van der Waals surface area contributed by atoms with E-state index in [0.29, 0.717) is 0 Å². The lowest BCUT2D eigenvalue weighted by molar-refractivity contribution is -0.162. The highest BCUT2D eigenvalue weighted by molar-refractivity contribution is 6.06. The van der Waals surface area contributed by atoms with E-state index in [1.165, 1.54) is 0 Å². The molecule has 24 heavy (non-hydrogen) atoms. The summed E-state index contributed by atoms with van der Waals surface area (Å²) in [5.74, 6) is 0.136. The smallest absolute Gasteiger partial charge is 0.306 e. The summed E-state index contributed by atoms with van der Waals surface area (Å²) in [4.78, 5) is 25.9. The molecule has 5 nitrogen and oxygen atoms in total. The molecule has 0 N–H and O–H groups in total. The Hall–Kier alpha value is -2.82. The van der Waals surface area contributed by atoms with Crippen LogP contribution in [0.3, 0.4) is 0 Å². The fourth-order valence-corrected chi connectivity index (χ4v) is 2.81. The highest BCUT2D eigenvalue weighted by Crippen LogP contribution is 2.41. The third-order valence-corrected chi connectivity index (χ3v) is 4.08.